The first-order chi connectivity index (χ1) is 9.42. The molecule has 1 N–H and O–H groups in total. The molecule has 0 amide bonds. The molecule has 0 aromatic carbocycles. The maximum atomic E-state index is 4.38. The molecule has 5 heteroatoms. The van der Waals surface area contributed by atoms with Gasteiger partial charge in [0.05, 0.1) is 11.9 Å². The Morgan fingerprint density at radius 1 is 1.05 bits per heavy atom. The highest BCUT2D eigenvalue weighted by molar-refractivity contribution is 5.44. The molecular formula is C14H13N5. The fourth-order valence-electron chi connectivity index (χ4n) is 1.74. The lowest BCUT2D eigenvalue weighted by atomic mass is 10.3. The summed E-state index contributed by atoms with van der Waals surface area (Å²) in [6, 6.07) is 7.91. The van der Waals surface area contributed by atoms with Crippen LogP contribution >= 0.6 is 0 Å². The summed E-state index contributed by atoms with van der Waals surface area (Å²) in [5, 5.41) is 3.31. The number of pyridine rings is 2. The number of hydrogen-bond acceptors (Lipinski definition) is 4. The van der Waals surface area contributed by atoms with E-state index >= 15 is 0 Å². The zero-order chi connectivity index (χ0) is 12.9. The minimum atomic E-state index is 0.736. The monoisotopic (exact) mass is 251 g/mol. The maximum Gasteiger partial charge on any atom is 0.137 e. The Morgan fingerprint density at radius 2 is 2.05 bits per heavy atom. The molecule has 0 radical (unpaired) electrons. The van der Waals surface area contributed by atoms with Crippen molar-refractivity contribution in [2.24, 2.45) is 0 Å². The molecule has 0 unspecified atom stereocenters. The number of aromatic nitrogens is 4. The Kier molecular flexibility index (Phi) is 3.18. The number of rotatable bonds is 4. The van der Waals surface area contributed by atoms with Crippen LogP contribution in [0, 0.1) is 0 Å². The van der Waals surface area contributed by atoms with E-state index in [1.54, 1.807) is 18.7 Å². The van der Waals surface area contributed by atoms with Crippen molar-refractivity contribution in [3.05, 3.63) is 67.1 Å². The van der Waals surface area contributed by atoms with E-state index < -0.39 is 0 Å². The molecule has 0 aliphatic heterocycles. The summed E-state index contributed by atoms with van der Waals surface area (Å²) in [5.74, 6) is 0.851. The molecule has 0 saturated heterocycles. The van der Waals surface area contributed by atoms with Crippen molar-refractivity contribution in [2.75, 3.05) is 5.32 Å². The van der Waals surface area contributed by atoms with Crippen LogP contribution in [0.15, 0.2) is 61.6 Å². The van der Waals surface area contributed by atoms with Crippen LogP contribution in [-0.4, -0.2) is 19.5 Å². The number of hydrogen-bond donors (Lipinski definition) is 1. The topological polar surface area (TPSA) is 55.6 Å². The minimum absolute atomic E-state index is 0.736. The molecule has 5 nitrogen and oxygen atoms in total. The van der Waals surface area contributed by atoms with E-state index in [4.69, 9.17) is 0 Å². The SMILES string of the molecule is c1cncc(CNc2ccc(-n3ccnc3)nc2)c1. The summed E-state index contributed by atoms with van der Waals surface area (Å²) in [6.45, 7) is 0.736. The lowest BCUT2D eigenvalue weighted by molar-refractivity contribution is 0.990. The third-order valence-corrected chi connectivity index (χ3v) is 2.74. The number of imidazole rings is 1. The zero-order valence-electron chi connectivity index (χ0n) is 10.3. The van der Waals surface area contributed by atoms with Gasteiger partial charge in [-0.2, -0.15) is 0 Å². The van der Waals surface area contributed by atoms with Gasteiger partial charge in [0.25, 0.3) is 0 Å². The average molecular weight is 251 g/mol. The molecule has 0 aliphatic carbocycles. The van der Waals surface area contributed by atoms with E-state index in [0.717, 1.165) is 23.6 Å². The molecule has 94 valence electrons. The van der Waals surface area contributed by atoms with Gasteiger partial charge in [0.1, 0.15) is 12.1 Å². The lowest BCUT2D eigenvalue weighted by Crippen LogP contribution is -2.01. The molecule has 3 rings (SSSR count). The van der Waals surface area contributed by atoms with Crippen molar-refractivity contribution in [2.45, 2.75) is 6.54 Å². The van der Waals surface area contributed by atoms with Gasteiger partial charge in [-0.25, -0.2) is 9.97 Å². The lowest BCUT2D eigenvalue weighted by Gasteiger charge is -2.07. The summed E-state index contributed by atoms with van der Waals surface area (Å²) >= 11 is 0. The predicted octanol–water partition coefficient (Wildman–Crippen LogP) is 2.27. The summed E-state index contributed by atoms with van der Waals surface area (Å²) in [7, 11) is 0. The average Bonchev–Trinajstić information content (AvgIpc) is 3.01. The number of nitrogens with zero attached hydrogens (tertiary/aromatic N) is 4. The van der Waals surface area contributed by atoms with Crippen LogP contribution in [0.2, 0.25) is 0 Å². The van der Waals surface area contributed by atoms with Crippen molar-refractivity contribution in [3.8, 4) is 5.82 Å². The van der Waals surface area contributed by atoms with E-state index in [9.17, 15) is 0 Å². The normalized spacial score (nSPS) is 10.3. The summed E-state index contributed by atoms with van der Waals surface area (Å²) in [6.07, 6.45) is 10.8. The van der Waals surface area contributed by atoms with E-state index in [-0.39, 0.29) is 0 Å². The Bertz CT molecular complexity index is 617. The van der Waals surface area contributed by atoms with Gasteiger partial charge >= 0.3 is 0 Å². The van der Waals surface area contributed by atoms with Gasteiger partial charge in [-0.15, -0.1) is 0 Å². The van der Waals surface area contributed by atoms with E-state index in [2.05, 4.69) is 20.3 Å². The first-order valence-corrected chi connectivity index (χ1v) is 5.99. The molecule has 0 bridgehead atoms. The fraction of sp³-hybridized carbons (Fsp3) is 0.0714. The molecular weight excluding hydrogens is 238 g/mol. The molecule has 0 aliphatic rings. The van der Waals surface area contributed by atoms with Crippen molar-refractivity contribution in [1.29, 1.82) is 0 Å². The second-order valence-electron chi connectivity index (χ2n) is 4.09. The molecule has 3 heterocycles. The molecule has 0 fully saturated rings. The molecule has 0 saturated carbocycles. The van der Waals surface area contributed by atoms with Crippen LogP contribution in [0.5, 0.6) is 0 Å². The Hall–Kier alpha value is -2.69. The second kappa shape index (κ2) is 5.30. The first kappa shape index (κ1) is 11.4. The summed E-state index contributed by atoms with van der Waals surface area (Å²) in [5.41, 5.74) is 2.12. The molecule has 3 aromatic heterocycles. The van der Waals surface area contributed by atoms with Gasteiger partial charge in [0.2, 0.25) is 0 Å². The van der Waals surface area contributed by atoms with Crippen LogP contribution < -0.4 is 5.32 Å². The van der Waals surface area contributed by atoms with Crippen molar-refractivity contribution >= 4 is 5.69 Å². The zero-order valence-corrected chi connectivity index (χ0v) is 10.3. The van der Waals surface area contributed by atoms with E-state index in [1.807, 2.05) is 47.4 Å². The highest BCUT2D eigenvalue weighted by Crippen LogP contribution is 2.10. The molecule has 0 atom stereocenters. The van der Waals surface area contributed by atoms with Gasteiger partial charge in [-0.3, -0.25) is 9.55 Å². The fourth-order valence-corrected chi connectivity index (χ4v) is 1.74. The van der Waals surface area contributed by atoms with E-state index in [0.29, 0.717) is 0 Å². The van der Waals surface area contributed by atoms with Crippen LogP contribution in [0.25, 0.3) is 5.82 Å². The van der Waals surface area contributed by atoms with Gasteiger partial charge in [-0.1, -0.05) is 6.07 Å². The third-order valence-electron chi connectivity index (χ3n) is 2.74. The minimum Gasteiger partial charge on any atom is -0.380 e. The second-order valence-corrected chi connectivity index (χ2v) is 4.09. The quantitative estimate of drug-likeness (QED) is 0.773. The number of anilines is 1. The molecule has 3 aromatic rings. The van der Waals surface area contributed by atoms with Crippen molar-refractivity contribution < 1.29 is 0 Å². The Balaban J connectivity index is 1.67. The van der Waals surface area contributed by atoms with Crippen molar-refractivity contribution in [3.63, 3.8) is 0 Å². The van der Waals surface area contributed by atoms with Gasteiger partial charge in [0, 0.05) is 31.3 Å². The number of nitrogens with one attached hydrogen (secondary N) is 1. The molecule has 19 heavy (non-hydrogen) atoms. The van der Waals surface area contributed by atoms with Gasteiger partial charge < -0.3 is 5.32 Å². The third kappa shape index (κ3) is 2.77. The largest absolute Gasteiger partial charge is 0.380 e. The smallest absolute Gasteiger partial charge is 0.137 e. The highest BCUT2D eigenvalue weighted by atomic mass is 15.1. The van der Waals surface area contributed by atoms with E-state index in [1.165, 1.54) is 0 Å². The standard InChI is InChI=1S/C14H13N5/c1-2-12(8-15-5-1)9-17-13-3-4-14(18-10-13)19-7-6-16-11-19/h1-8,10-11,17H,9H2. The van der Waals surface area contributed by atoms with Crippen LogP contribution in [0.3, 0.4) is 0 Å². The summed E-state index contributed by atoms with van der Waals surface area (Å²) < 4.78 is 1.87. The van der Waals surface area contributed by atoms with Crippen LogP contribution in [0.4, 0.5) is 5.69 Å². The van der Waals surface area contributed by atoms with Gasteiger partial charge in [-0.05, 0) is 23.8 Å². The Labute approximate surface area is 111 Å². The highest BCUT2D eigenvalue weighted by Gasteiger charge is 1.98. The summed E-state index contributed by atoms with van der Waals surface area (Å²) in [4.78, 5) is 12.5. The van der Waals surface area contributed by atoms with Crippen LogP contribution in [-0.2, 0) is 6.54 Å². The van der Waals surface area contributed by atoms with Crippen molar-refractivity contribution in [1.82, 2.24) is 19.5 Å². The Morgan fingerprint density at radius 3 is 2.74 bits per heavy atom. The predicted molar refractivity (Wildman–Crippen MR) is 72.9 cm³/mol. The maximum absolute atomic E-state index is 4.38. The van der Waals surface area contributed by atoms with Gasteiger partial charge in [0.15, 0.2) is 0 Å². The molecule has 0 spiro atoms. The van der Waals surface area contributed by atoms with Crippen LogP contribution in [0.1, 0.15) is 5.56 Å². The first-order valence-electron chi connectivity index (χ1n) is 5.99.